The van der Waals surface area contributed by atoms with Gasteiger partial charge in [0.2, 0.25) is 0 Å². The second kappa shape index (κ2) is 6.02. The Labute approximate surface area is 101 Å². The van der Waals surface area contributed by atoms with Crippen LogP contribution >= 0.6 is 0 Å². The van der Waals surface area contributed by atoms with Crippen LogP contribution in [0.3, 0.4) is 0 Å². The van der Waals surface area contributed by atoms with Crippen LogP contribution in [0.5, 0.6) is 0 Å². The Hall–Kier alpha value is -1.86. The molecule has 0 bridgehead atoms. The van der Waals surface area contributed by atoms with Gasteiger partial charge < -0.3 is 10.5 Å². The minimum atomic E-state index is -0.318. The fourth-order valence-corrected chi connectivity index (χ4v) is 1.69. The minimum Gasteiger partial charge on any atom is -0.466 e. The van der Waals surface area contributed by atoms with Gasteiger partial charge in [0.1, 0.15) is 0 Å². The van der Waals surface area contributed by atoms with E-state index < -0.39 is 0 Å². The van der Waals surface area contributed by atoms with Crippen molar-refractivity contribution in [2.75, 3.05) is 6.61 Å². The van der Waals surface area contributed by atoms with E-state index in [1.54, 1.807) is 6.92 Å². The third-order valence-electron chi connectivity index (χ3n) is 2.59. The van der Waals surface area contributed by atoms with Crippen molar-refractivity contribution in [1.82, 2.24) is 0 Å². The van der Waals surface area contributed by atoms with Gasteiger partial charge in [-0.3, -0.25) is 4.79 Å². The van der Waals surface area contributed by atoms with Crippen molar-refractivity contribution in [2.45, 2.75) is 26.8 Å². The molecule has 1 aromatic carbocycles. The maximum Gasteiger partial charge on any atom is 0.310 e. The monoisotopic (exact) mass is 232 g/mol. The lowest BCUT2D eigenvalue weighted by molar-refractivity contribution is -0.142. The van der Waals surface area contributed by atoms with E-state index in [2.05, 4.69) is 6.07 Å². The number of aryl methyl sites for hydroxylation is 1. The molecule has 4 nitrogen and oxygen atoms in total. The van der Waals surface area contributed by atoms with Gasteiger partial charge in [-0.05, 0) is 30.5 Å². The second-order valence-electron chi connectivity index (χ2n) is 3.69. The maximum atomic E-state index is 11.5. The zero-order chi connectivity index (χ0) is 12.8. The molecule has 0 heterocycles. The lowest BCUT2D eigenvalue weighted by atomic mass is 9.95. The summed E-state index contributed by atoms with van der Waals surface area (Å²) < 4.78 is 4.89. The van der Waals surface area contributed by atoms with Crippen LogP contribution in [0.1, 0.15) is 29.2 Å². The molecule has 0 aromatic heterocycles. The van der Waals surface area contributed by atoms with Crippen molar-refractivity contribution in [3.8, 4) is 6.07 Å². The van der Waals surface area contributed by atoms with Gasteiger partial charge in [-0.2, -0.15) is 5.26 Å². The highest BCUT2D eigenvalue weighted by Gasteiger charge is 2.14. The highest BCUT2D eigenvalue weighted by molar-refractivity contribution is 5.74. The summed E-state index contributed by atoms with van der Waals surface area (Å²) in [5, 5.41) is 9.14. The van der Waals surface area contributed by atoms with E-state index in [1.165, 1.54) is 0 Å². The van der Waals surface area contributed by atoms with Crippen LogP contribution in [-0.2, 0) is 22.5 Å². The predicted molar refractivity (Wildman–Crippen MR) is 64.1 cm³/mol. The first kappa shape index (κ1) is 13.2. The third-order valence-corrected chi connectivity index (χ3v) is 2.59. The van der Waals surface area contributed by atoms with E-state index in [9.17, 15) is 4.79 Å². The van der Waals surface area contributed by atoms with E-state index in [4.69, 9.17) is 15.7 Å². The fraction of sp³-hybridized carbons (Fsp3) is 0.385. The number of nitrogens with two attached hydrogens (primary N) is 1. The molecule has 4 heteroatoms. The number of ether oxygens (including phenoxy) is 1. The van der Waals surface area contributed by atoms with Gasteiger partial charge in [-0.1, -0.05) is 12.1 Å². The van der Waals surface area contributed by atoms with Crippen LogP contribution in [0.4, 0.5) is 0 Å². The summed E-state index contributed by atoms with van der Waals surface area (Å²) in [5.41, 5.74) is 8.46. The number of rotatable bonds is 4. The summed E-state index contributed by atoms with van der Waals surface area (Å²) in [6.07, 6.45) is 0.121. The summed E-state index contributed by atoms with van der Waals surface area (Å²) >= 11 is 0. The lowest BCUT2D eigenvalue weighted by Crippen LogP contribution is -2.12. The quantitative estimate of drug-likeness (QED) is 0.797. The number of nitrogens with zero attached hydrogens (tertiary/aromatic N) is 1. The Bertz CT molecular complexity index is 461. The van der Waals surface area contributed by atoms with Crippen molar-refractivity contribution in [3.63, 3.8) is 0 Å². The molecule has 90 valence electrons. The SMILES string of the molecule is CCOC(=O)Cc1c(C)ccc(CN)c1C#N. The highest BCUT2D eigenvalue weighted by atomic mass is 16.5. The number of hydrogen-bond acceptors (Lipinski definition) is 4. The molecule has 0 aliphatic rings. The molecule has 0 amide bonds. The number of carbonyl (C=O) groups excluding carboxylic acids is 1. The lowest BCUT2D eigenvalue weighted by Gasteiger charge is -2.11. The van der Waals surface area contributed by atoms with E-state index in [-0.39, 0.29) is 12.4 Å². The summed E-state index contributed by atoms with van der Waals surface area (Å²) in [6.45, 7) is 4.26. The van der Waals surface area contributed by atoms with Gasteiger partial charge in [-0.25, -0.2) is 0 Å². The van der Waals surface area contributed by atoms with Crippen molar-refractivity contribution in [2.24, 2.45) is 5.73 Å². The molecule has 0 aliphatic heterocycles. The minimum absolute atomic E-state index is 0.121. The van der Waals surface area contributed by atoms with E-state index >= 15 is 0 Å². The van der Waals surface area contributed by atoms with Crippen LogP contribution in [0.25, 0.3) is 0 Å². The first-order chi connectivity index (χ1) is 8.13. The molecule has 0 aliphatic carbocycles. The molecule has 1 aromatic rings. The molecular weight excluding hydrogens is 216 g/mol. The van der Waals surface area contributed by atoms with Gasteiger partial charge in [-0.15, -0.1) is 0 Å². The van der Waals surface area contributed by atoms with Crippen LogP contribution in [0.15, 0.2) is 12.1 Å². The summed E-state index contributed by atoms with van der Waals surface area (Å²) in [7, 11) is 0. The molecule has 0 radical (unpaired) electrons. The molecular formula is C13H16N2O2. The average molecular weight is 232 g/mol. The van der Waals surface area contributed by atoms with Crippen LogP contribution in [0, 0.1) is 18.3 Å². The standard InChI is InChI=1S/C13H16N2O2/c1-3-17-13(16)6-11-9(2)4-5-10(7-14)12(11)8-15/h4-5H,3,6-7,14H2,1-2H3. The first-order valence-corrected chi connectivity index (χ1v) is 5.51. The Morgan fingerprint density at radius 1 is 1.53 bits per heavy atom. The van der Waals surface area contributed by atoms with Crippen molar-refractivity contribution in [3.05, 3.63) is 34.4 Å². The van der Waals surface area contributed by atoms with Crippen LogP contribution in [-0.4, -0.2) is 12.6 Å². The van der Waals surface area contributed by atoms with Gasteiger partial charge in [0, 0.05) is 6.54 Å². The molecule has 17 heavy (non-hydrogen) atoms. The molecule has 0 saturated heterocycles. The molecule has 0 atom stereocenters. The van der Waals surface area contributed by atoms with Crippen molar-refractivity contribution >= 4 is 5.97 Å². The normalized spacial score (nSPS) is 9.76. The second-order valence-corrected chi connectivity index (χ2v) is 3.69. The summed E-state index contributed by atoms with van der Waals surface area (Å²) in [4.78, 5) is 11.5. The molecule has 0 saturated carbocycles. The van der Waals surface area contributed by atoms with Crippen LogP contribution < -0.4 is 5.73 Å². The summed E-state index contributed by atoms with van der Waals surface area (Å²) in [5.74, 6) is -0.318. The van der Waals surface area contributed by atoms with E-state index in [0.29, 0.717) is 24.3 Å². The predicted octanol–water partition coefficient (Wildman–Crippen LogP) is 1.43. The number of hydrogen-bond donors (Lipinski definition) is 1. The first-order valence-electron chi connectivity index (χ1n) is 5.51. The molecule has 0 unspecified atom stereocenters. The van der Waals surface area contributed by atoms with Gasteiger partial charge in [0.15, 0.2) is 0 Å². The Balaban J connectivity index is 3.13. The van der Waals surface area contributed by atoms with Gasteiger partial charge in [0.05, 0.1) is 24.7 Å². The Morgan fingerprint density at radius 3 is 2.76 bits per heavy atom. The molecule has 0 fully saturated rings. The van der Waals surface area contributed by atoms with E-state index in [0.717, 1.165) is 11.1 Å². The zero-order valence-electron chi connectivity index (χ0n) is 10.1. The van der Waals surface area contributed by atoms with Gasteiger partial charge in [0.25, 0.3) is 0 Å². The Morgan fingerprint density at radius 2 is 2.24 bits per heavy atom. The number of carbonyl (C=O) groups is 1. The topological polar surface area (TPSA) is 76.1 Å². The largest absolute Gasteiger partial charge is 0.466 e. The third kappa shape index (κ3) is 3.05. The zero-order valence-corrected chi connectivity index (χ0v) is 10.1. The number of benzene rings is 1. The summed E-state index contributed by atoms with van der Waals surface area (Å²) in [6, 6.07) is 5.81. The smallest absolute Gasteiger partial charge is 0.310 e. The highest BCUT2D eigenvalue weighted by Crippen LogP contribution is 2.19. The van der Waals surface area contributed by atoms with Crippen molar-refractivity contribution < 1.29 is 9.53 Å². The fourth-order valence-electron chi connectivity index (χ4n) is 1.69. The Kier molecular flexibility index (Phi) is 4.68. The van der Waals surface area contributed by atoms with Gasteiger partial charge >= 0.3 is 5.97 Å². The number of esters is 1. The van der Waals surface area contributed by atoms with E-state index in [1.807, 2.05) is 19.1 Å². The van der Waals surface area contributed by atoms with Crippen LogP contribution in [0.2, 0.25) is 0 Å². The molecule has 1 rings (SSSR count). The molecule has 2 N–H and O–H groups in total. The number of nitriles is 1. The molecule has 0 spiro atoms. The van der Waals surface area contributed by atoms with Crippen molar-refractivity contribution in [1.29, 1.82) is 5.26 Å². The average Bonchev–Trinajstić information content (AvgIpc) is 2.31. The maximum absolute atomic E-state index is 11.5.